The lowest BCUT2D eigenvalue weighted by atomic mass is 9.83. The van der Waals surface area contributed by atoms with Gasteiger partial charge in [-0.05, 0) is 24.8 Å². The molecule has 1 N–H and O–H groups in total. The first-order chi connectivity index (χ1) is 7.72. The van der Waals surface area contributed by atoms with Crippen LogP contribution < -0.4 is 10.3 Å². The maximum atomic E-state index is 11.5. The molecular weight excluding hydrogens is 206 g/mol. The lowest BCUT2D eigenvalue weighted by Gasteiger charge is -2.22. The van der Waals surface area contributed by atoms with Crippen molar-refractivity contribution >= 4 is 5.78 Å². The fourth-order valence-electron chi connectivity index (χ4n) is 2.26. The van der Waals surface area contributed by atoms with Gasteiger partial charge in [0, 0.05) is 24.6 Å². The lowest BCUT2D eigenvalue weighted by Crippen LogP contribution is -2.17. The zero-order valence-corrected chi connectivity index (χ0v) is 9.29. The molecule has 0 amide bonds. The van der Waals surface area contributed by atoms with E-state index >= 15 is 0 Å². The Morgan fingerprint density at radius 1 is 1.31 bits per heavy atom. The first-order valence-corrected chi connectivity index (χ1v) is 5.49. The molecule has 16 heavy (non-hydrogen) atoms. The number of carbonyl (C=O) groups is 1. The lowest BCUT2D eigenvalue weighted by molar-refractivity contribution is -0.120. The molecule has 1 aliphatic rings. The minimum Gasteiger partial charge on any atom is -0.491 e. The molecule has 1 aliphatic carbocycles. The molecule has 0 unspecified atom stereocenters. The van der Waals surface area contributed by atoms with Gasteiger partial charge >= 0.3 is 0 Å². The average Bonchev–Trinajstić information content (AvgIpc) is 2.30. The quantitative estimate of drug-likeness (QED) is 0.825. The third kappa shape index (κ3) is 2.01. The summed E-state index contributed by atoms with van der Waals surface area (Å²) in [6.45, 7) is 0. The van der Waals surface area contributed by atoms with Gasteiger partial charge in [-0.2, -0.15) is 0 Å². The van der Waals surface area contributed by atoms with Crippen LogP contribution in [0.3, 0.4) is 0 Å². The number of methoxy groups -OCH3 is 1. The number of hydrogen-bond donors (Lipinski definition) is 1. The molecule has 1 aromatic rings. The molecule has 0 saturated heterocycles. The summed E-state index contributed by atoms with van der Waals surface area (Å²) in [4.78, 5) is 25.3. The molecule has 2 rings (SSSR count). The fourth-order valence-corrected chi connectivity index (χ4v) is 2.26. The van der Waals surface area contributed by atoms with Gasteiger partial charge in [0.2, 0.25) is 0 Å². The van der Waals surface area contributed by atoms with Crippen molar-refractivity contribution in [3.63, 3.8) is 0 Å². The molecule has 0 aliphatic heterocycles. The number of Topliss-reactive ketones (excluding diaryl/α,β-unsaturated/α-hetero) is 1. The zero-order chi connectivity index (χ0) is 11.5. The van der Waals surface area contributed by atoms with E-state index in [4.69, 9.17) is 4.74 Å². The van der Waals surface area contributed by atoms with Crippen LogP contribution in [0.15, 0.2) is 17.1 Å². The molecule has 4 nitrogen and oxygen atoms in total. The summed E-state index contributed by atoms with van der Waals surface area (Å²) >= 11 is 0. The smallest absolute Gasteiger partial charge is 0.290 e. The van der Waals surface area contributed by atoms with Crippen LogP contribution in [0.25, 0.3) is 0 Å². The molecule has 4 heteroatoms. The van der Waals surface area contributed by atoms with Gasteiger partial charge in [0.15, 0.2) is 5.75 Å². The van der Waals surface area contributed by atoms with Crippen molar-refractivity contribution in [2.75, 3.05) is 7.11 Å². The van der Waals surface area contributed by atoms with Crippen LogP contribution in [-0.4, -0.2) is 17.9 Å². The van der Waals surface area contributed by atoms with Crippen molar-refractivity contribution in [3.8, 4) is 5.75 Å². The Balaban J connectivity index is 2.30. The average molecular weight is 221 g/mol. The number of nitrogens with one attached hydrogen (secondary N) is 1. The van der Waals surface area contributed by atoms with E-state index < -0.39 is 0 Å². The highest BCUT2D eigenvalue weighted by Crippen LogP contribution is 2.34. The van der Waals surface area contributed by atoms with Crippen LogP contribution in [0.4, 0.5) is 0 Å². The Labute approximate surface area is 93.6 Å². The van der Waals surface area contributed by atoms with Crippen molar-refractivity contribution in [1.29, 1.82) is 0 Å². The molecule has 1 aromatic heterocycles. The summed E-state index contributed by atoms with van der Waals surface area (Å²) in [5, 5.41) is 0. The minimum atomic E-state index is -0.197. The van der Waals surface area contributed by atoms with Crippen molar-refractivity contribution in [2.45, 2.75) is 31.6 Å². The van der Waals surface area contributed by atoms with E-state index in [2.05, 4.69) is 4.98 Å². The van der Waals surface area contributed by atoms with Gasteiger partial charge in [0.1, 0.15) is 5.78 Å². The topological polar surface area (TPSA) is 59.2 Å². The van der Waals surface area contributed by atoms with Crippen molar-refractivity contribution in [2.24, 2.45) is 0 Å². The molecule has 1 heterocycles. The predicted octanol–water partition coefficient (Wildman–Crippen LogP) is 1.61. The molecule has 0 atom stereocenters. The van der Waals surface area contributed by atoms with Crippen LogP contribution in [-0.2, 0) is 4.79 Å². The van der Waals surface area contributed by atoms with Crippen LogP contribution in [0.5, 0.6) is 5.75 Å². The Morgan fingerprint density at radius 2 is 2.00 bits per heavy atom. The second-order valence-corrected chi connectivity index (χ2v) is 4.11. The number of rotatable bonds is 2. The molecule has 0 spiro atoms. The fraction of sp³-hybridized carbons (Fsp3) is 0.500. The van der Waals surface area contributed by atoms with Gasteiger partial charge in [0.05, 0.1) is 7.11 Å². The van der Waals surface area contributed by atoms with Gasteiger partial charge < -0.3 is 9.72 Å². The predicted molar refractivity (Wildman–Crippen MR) is 59.8 cm³/mol. The number of hydrogen-bond acceptors (Lipinski definition) is 3. The van der Waals surface area contributed by atoms with Crippen molar-refractivity contribution in [3.05, 3.63) is 28.2 Å². The molecule has 0 radical (unpaired) electrons. The van der Waals surface area contributed by atoms with E-state index in [0.29, 0.717) is 24.4 Å². The molecule has 1 fully saturated rings. The van der Waals surface area contributed by atoms with E-state index in [9.17, 15) is 9.59 Å². The highest BCUT2D eigenvalue weighted by Gasteiger charge is 2.23. The molecule has 86 valence electrons. The van der Waals surface area contributed by atoms with Crippen molar-refractivity contribution < 1.29 is 9.53 Å². The Kier molecular flexibility index (Phi) is 3.08. The van der Waals surface area contributed by atoms with E-state index in [1.54, 1.807) is 6.20 Å². The van der Waals surface area contributed by atoms with Gasteiger partial charge in [-0.25, -0.2) is 0 Å². The number of aromatic amines is 1. The van der Waals surface area contributed by atoms with Crippen molar-refractivity contribution in [1.82, 2.24) is 4.98 Å². The number of carbonyl (C=O) groups excluding carboxylic acids is 1. The summed E-state index contributed by atoms with van der Waals surface area (Å²) in [5.41, 5.74) is 0.732. The normalized spacial score (nSPS) is 17.4. The minimum absolute atomic E-state index is 0.197. The van der Waals surface area contributed by atoms with Crippen LogP contribution in [0.1, 0.15) is 37.2 Å². The Bertz CT molecular complexity index is 440. The maximum absolute atomic E-state index is 11.5. The Hall–Kier alpha value is -1.58. The summed E-state index contributed by atoms with van der Waals surface area (Å²) in [7, 11) is 1.50. The Morgan fingerprint density at radius 3 is 2.62 bits per heavy atom. The highest BCUT2D eigenvalue weighted by molar-refractivity contribution is 5.79. The van der Waals surface area contributed by atoms with Gasteiger partial charge in [-0.3, -0.25) is 9.59 Å². The van der Waals surface area contributed by atoms with Crippen LogP contribution in [0.2, 0.25) is 0 Å². The third-order valence-corrected chi connectivity index (χ3v) is 3.13. The second-order valence-electron chi connectivity index (χ2n) is 4.11. The molecular formula is C12H15NO3. The SMILES string of the molecule is COc1c(C2CCC(=O)CC2)cc[nH]c1=O. The molecule has 0 bridgehead atoms. The van der Waals surface area contributed by atoms with Gasteiger partial charge in [0.25, 0.3) is 5.56 Å². The highest BCUT2D eigenvalue weighted by atomic mass is 16.5. The zero-order valence-electron chi connectivity index (χ0n) is 9.29. The van der Waals surface area contributed by atoms with Gasteiger partial charge in [-0.15, -0.1) is 0 Å². The molecule has 1 saturated carbocycles. The van der Waals surface area contributed by atoms with E-state index in [1.165, 1.54) is 7.11 Å². The first kappa shape index (κ1) is 10.9. The maximum Gasteiger partial charge on any atom is 0.290 e. The van der Waals surface area contributed by atoms with E-state index in [-0.39, 0.29) is 11.5 Å². The number of ketones is 1. The van der Waals surface area contributed by atoms with Crippen LogP contribution in [0, 0.1) is 0 Å². The van der Waals surface area contributed by atoms with Gasteiger partial charge in [-0.1, -0.05) is 0 Å². The number of H-pyrrole nitrogens is 1. The summed E-state index contributed by atoms with van der Waals surface area (Å²) < 4.78 is 5.13. The largest absolute Gasteiger partial charge is 0.491 e. The number of aromatic nitrogens is 1. The second kappa shape index (κ2) is 4.51. The third-order valence-electron chi connectivity index (χ3n) is 3.13. The summed E-state index contributed by atoms with van der Waals surface area (Å²) in [6.07, 6.45) is 4.50. The summed E-state index contributed by atoms with van der Waals surface area (Å²) in [6, 6.07) is 1.88. The first-order valence-electron chi connectivity index (χ1n) is 5.49. The monoisotopic (exact) mass is 221 g/mol. The number of ether oxygens (including phenoxy) is 1. The standard InChI is InChI=1S/C12H15NO3/c1-16-11-10(6-7-13-12(11)15)8-2-4-9(14)5-3-8/h6-8H,2-5H2,1H3,(H,13,15). The number of pyridine rings is 1. The van der Waals surface area contributed by atoms with E-state index in [1.807, 2.05) is 6.07 Å². The van der Waals surface area contributed by atoms with E-state index in [0.717, 1.165) is 18.4 Å². The summed E-state index contributed by atoms with van der Waals surface area (Å²) in [5.74, 6) is 0.983. The van der Waals surface area contributed by atoms with Crippen LogP contribution >= 0.6 is 0 Å². The molecule has 0 aromatic carbocycles.